The monoisotopic (exact) mass is 526 g/mol. The van der Waals surface area contributed by atoms with E-state index in [1.165, 1.54) is 36.1 Å². The maximum atomic E-state index is 15.4. The van der Waals surface area contributed by atoms with Crippen LogP contribution in [0.1, 0.15) is 31.2 Å². The minimum absolute atomic E-state index is 0.0834. The number of H-pyrrole nitrogens is 1. The third-order valence-electron chi connectivity index (χ3n) is 6.03. The van der Waals surface area contributed by atoms with Gasteiger partial charge in [0.05, 0.1) is 40.7 Å². The molecule has 3 heterocycles. The normalized spacial score (nSPS) is 18.5. The fraction of sp³-hybridized carbons (Fsp3) is 0.318. The van der Waals surface area contributed by atoms with Gasteiger partial charge in [0.15, 0.2) is 11.5 Å². The number of fused-ring (bicyclic) bond motifs is 2. The first kappa shape index (κ1) is 24.1. The molecule has 1 aliphatic rings. The Balaban J connectivity index is 1.53. The van der Waals surface area contributed by atoms with Crippen LogP contribution in [0, 0.1) is 11.7 Å². The standard InChI is InChI=1S/C22H16ClF5N6O2/c1-8(2-13(35)22(26,27)28)16-19(25)18(23)17(10-4-30-33-20(10)16)12-6-34-7-14(31-15(34)5-29-12)32-21(36)9-3-11(9)24/h4-9,11H,2-3H2,1H3,(H,30,33)(H,32,36)/t8?,9-,11+/m1/s1. The summed E-state index contributed by atoms with van der Waals surface area (Å²) >= 11 is 6.34. The van der Waals surface area contributed by atoms with Crippen molar-refractivity contribution in [3.63, 3.8) is 0 Å². The van der Waals surface area contributed by atoms with Crippen LogP contribution in [0.5, 0.6) is 0 Å². The lowest BCUT2D eigenvalue weighted by molar-refractivity contribution is -0.171. The largest absolute Gasteiger partial charge is 0.449 e. The van der Waals surface area contributed by atoms with Crippen molar-refractivity contribution in [1.82, 2.24) is 24.6 Å². The molecule has 5 rings (SSSR count). The number of hydrogen-bond acceptors (Lipinski definition) is 5. The molecule has 14 heteroatoms. The number of benzene rings is 1. The first-order valence-electron chi connectivity index (χ1n) is 10.7. The topological polar surface area (TPSA) is 105 Å². The molecule has 1 amide bonds. The van der Waals surface area contributed by atoms with E-state index in [1.807, 2.05) is 0 Å². The lowest BCUT2D eigenvalue weighted by Crippen LogP contribution is -2.24. The molecule has 3 aromatic heterocycles. The van der Waals surface area contributed by atoms with E-state index in [4.69, 9.17) is 11.6 Å². The van der Waals surface area contributed by atoms with Crippen LogP contribution in [-0.4, -0.2) is 48.6 Å². The smallest absolute Gasteiger partial charge is 0.309 e. The van der Waals surface area contributed by atoms with Gasteiger partial charge >= 0.3 is 6.18 Å². The van der Waals surface area contributed by atoms with Crippen molar-refractivity contribution in [1.29, 1.82) is 0 Å². The van der Waals surface area contributed by atoms with E-state index in [0.29, 0.717) is 5.65 Å². The molecule has 1 aliphatic carbocycles. The van der Waals surface area contributed by atoms with Crippen molar-refractivity contribution < 1.29 is 31.5 Å². The highest BCUT2D eigenvalue weighted by molar-refractivity contribution is 6.35. The number of carbonyl (C=O) groups excluding carboxylic acids is 2. The third kappa shape index (κ3) is 4.16. The number of aromatic nitrogens is 5. The first-order chi connectivity index (χ1) is 17.0. The van der Waals surface area contributed by atoms with E-state index in [9.17, 15) is 27.2 Å². The maximum Gasteiger partial charge on any atom is 0.449 e. The summed E-state index contributed by atoms with van der Waals surface area (Å²) in [4.78, 5) is 31.9. The van der Waals surface area contributed by atoms with Crippen molar-refractivity contribution in [2.24, 2.45) is 5.92 Å². The zero-order valence-corrected chi connectivity index (χ0v) is 19.1. The van der Waals surface area contributed by atoms with Gasteiger partial charge in [0.2, 0.25) is 11.7 Å². The van der Waals surface area contributed by atoms with Crippen LogP contribution < -0.4 is 5.32 Å². The Hall–Kier alpha value is -3.61. The molecule has 0 saturated heterocycles. The number of ketones is 1. The molecule has 188 valence electrons. The molecule has 0 radical (unpaired) electrons. The number of halogens is 6. The summed E-state index contributed by atoms with van der Waals surface area (Å²) in [6.07, 6.45) is -1.42. The first-order valence-corrected chi connectivity index (χ1v) is 11.1. The molecule has 36 heavy (non-hydrogen) atoms. The van der Waals surface area contributed by atoms with E-state index >= 15 is 4.39 Å². The highest BCUT2D eigenvalue weighted by Crippen LogP contribution is 2.42. The lowest BCUT2D eigenvalue weighted by Gasteiger charge is -2.17. The van der Waals surface area contributed by atoms with Crippen LogP contribution in [0.4, 0.5) is 27.8 Å². The number of imidazole rings is 1. The SMILES string of the molecule is CC(CC(=O)C(F)(F)F)c1c(F)c(Cl)c(-c2cn3cc(NC(=O)[C@@H]4C[C@@H]4F)nc3cn2)c2cn[nH]c12. The summed E-state index contributed by atoms with van der Waals surface area (Å²) in [6.45, 7) is 1.29. The zero-order chi connectivity index (χ0) is 25.9. The van der Waals surface area contributed by atoms with Crippen LogP contribution in [-0.2, 0) is 9.59 Å². The zero-order valence-electron chi connectivity index (χ0n) is 18.3. The molecule has 1 unspecified atom stereocenters. The average Bonchev–Trinajstić information content (AvgIpc) is 3.16. The second kappa shape index (κ2) is 8.50. The van der Waals surface area contributed by atoms with E-state index < -0.39 is 53.1 Å². The van der Waals surface area contributed by atoms with E-state index in [0.717, 1.165) is 0 Å². The Morgan fingerprint density at radius 2 is 2.03 bits per heavy atom. The number of anilines is 1. The van der Waals surface area contributed by atoms with Crippen molar-refractivity contribution in [2.75, 3.05) is 5.32 Å². The molecule has 4 aromatic rings. The van der Waals surface area contributed by atoms with Crippen molar-refractivity contribution in [2.45, 2.75) is 38.0 Å². The Morgan fingerprint density at radius 3 is 2.69 bits per heavy atom. The summed E-state index contributed by atoms with van der Waals surface area (Å²) in [5.74, 6) is -5.16. The summed E-state index contributed by atoms with van der Waals surface area (Å²) in [7, 11) is 0. The minimum Gasteiger partial charge on any atom is -0.309 e. The van der Waals surface area contributed by atoms with Gasteiger partial charge in [-0.2, -0.15) is 18.3 Å². The van der Waals surface area contributed by atoms with Gasteiger partial charge in [0.25, 0.3) is 0 Å². The van der Waals surface area contributed by atoms with E-state index in [1.54, 1.807) is 0 Å². The number of Topliss-reactive ketones (excluding diaryl/α,β-unsaturated/α-hetero) is 1. The van der Waals surface area contributed by atoms with Gasteiger partial charge in [0.1, 0.15) is 12.0 Å². The third-order valence-corrected chi connectivity index (χ3v) is 6.38. The number of hydrogen-bond donors (Lipinski definition) is 2. The summed E-state index contributed by atoms with van der Waals surface area (Å²) in [6, 6.07) is 0. The molecular weight excluding hydrogens is 511 g/mol. The second-order valence-corrected chi connectivity index (χ2v) is 8.99. The summed E-state index contributed by atoms with van der Waals surface area (Å²) < 4.78 is 68.3. The van der Waals surface area contributed by atoms with Gasteiger partial charge in [0, 0.05) is 29.1 Å². The summed E-state index contributed by atoms with van der Waals surface area (Å²) in [5, 5.41) is 8.86. The van der Waals surface area contributed by atoms with Crippen LogP contribution in [0.2, 0.25) is 5.02 Å². The van der Waals surface area contributed by atoms with Gasteiger partial charge in [-0.05, 0) is 12.3 Å². The highest BCUT2D eigenvalue weighted by atomic mass is 35.5. The van der Waals surface area contributed by atoms with Crippen molar-refractivity contribution in [3.05, 3.63) is 41.2 Å². The van der Waals surface area contributed by atoms with Crippen LogP contribution in [0.25, 0.3) is 27.8 Å². The number of nitrogens with one attached hydrogen (secondary N) is 2. The number of aromatic amines is 1. The highest BCUT2D eigenvalue weighted by Gasteiger charge is 2.44. The molecule has 0 spiro atoms. The number of carbonyl (C=O) groups is 2. The van der Waals surface area contributed by atoms with Gasteiger partial charge < -0.3 is 9.72 Å². The van der Waals surface area contributed by atoms with Gasteiger partial charge in [-0.15, -0.1) is 0 Å². The molecule has 2 N–H and O–H groups in total. The molecular formula is C22H16ClF5N6O2. The fourth-order valence-corrected chi connectivity index (χ4v) is 4.39. The van der Waals surface area contributed by atoms with Crippen LogP contribution in [0.3, 0.4) is 0 Å². The van der Waals surface area contributed by atoms with Crippen LogP contribution >= 0.6 is 11.6 Å². The predicted octanol–water partition coefficient (Wildman–Crippen LogP) is 4.99. The Kier molecular flexibility index (Phi) is 5.69. The molecule has 0 bridgehead atoms. The second-order valence-electron chi connectivity index (χ2n) is 8.61. The fourth-order valence-electron chi connectivity index (χ4n) is 4.09. The average molecular weight is 527 g/mol. The van der Waals surface area contributed by atoms with Gasteiger partial charge in [-0.3, -0.25) is 19.7 Å². The van der Waals surface area contributed by atoms with E-state index in [-0.39, 0.29) is 40.0 Å². The molecule has 0 aliphatic heterocycles. The van der Waals surface area contributed by atoms with E-state index in [2.05, 4.69) is 25.5 Å². The number of alkyl halides is 4. The number of amides is 1. The quantitative estimate of drug-likeness (QED) is 0.345. The number of rotatable bonds is 6. The molecule has 8 nitrogen and oxygen atoms in total. The predicted molar refractivity (Wildman–Crippen MR) is 119 cm³/mol. The molecule has 1 fully saturated rings. The maximum absolute atomic E-state index is 15.4. The molecule has 1 saturated carbocycles. The number of nitrogens with zero attached hydrogens (tertiary/aromatic N) is 4. The van der Waals surface area contributed by atoms with Gasteiger partial charge in [-0.25, -0.2) is 13.8 Å². The van der Waals surface area contributed by atoms with Gasteiger partial charge in [-0.1, -0.05) is 18.5 Å². The minimum atomic E-state index is -5.05. The Bertz CT molecular complexity index is 1530. The summed E-state index contributed by atoms with van der Waals surface area (Å²) in [5.41, 5.74) is 0.520. The Morgan fingerprint density at radius 1 is 1.31 bits per heavy atom. The lowest BCUT2D eigenvalue weighted by atomic mass is 9.91. The molecule has 1 aromatic carbocycles. The molecule has 3 atom stereocenters. The van der Waals surface area contributed by atoms with Crippen LogP contribution in [0.15, 0.2) is 24.8 Å². The van der Waals surface area contributed by atoms with Crippen molar-refractivity contribution in [3.8, 4) is 11.3 Å². The Labute approximate surface area is 203 Å². The van der Waals surface area contributed by atoms with Crippen molar-refractivity contribution >= 4 is 45.7 Å².